The molecule has 0 saturated carbocycles. The zero-order chi connectivity index (χ0) is 12.7. The van der Waals surface area contributed by atoms with Crippen molar-refractivity contribution in [2.75, 3.05) is 7.11 Å². The summed E-state index contributed by atoms with van der Waals surface area (Å²) in [4.78, 5) is 11.7. The van der Waals surface area contributed by atoms with Crippen LogP contribution < -0.4 is 0 Å². The van der Waals surface area contributed by atoms with Gasteiger partial charge in [0.1, 0.15) is 5.78 Å². The van der Waals surface area contributed by atoms with Crippen molar-refractivity contribution in [3.8, 4) is 0 Å². The Hall–Kier alpha value is -1.15. The topological polar surface area (TPSA) is 26.3 Å². The predicted molar refractivity (Wildman–Crippen MR) is 70.1 cm³/mol. The van der Waals surface area contributed by atoms with Crippen LogP contribution in [0, 0.1) is 0 Å². The Bertz CT molecular complexity index is 341. The van der Waals surface area contributed by atoms with Gasteiger partial charge in [-0.05, 0) is 32.3 Å². The molecule has 0 fully saturated rings. The molecule has 0 atom stereocenters. The van der Waals surface area contributed by atoms with Gasteiger partial charge in [0.25, 0.3) is 0 Å². The van der Waals surface area contributed by atoms with E-state index in [1.165, 1.54) is 5.56 Å². The minimum absolute atomic E-state index is 0.192. The zero-order valence-corrected chi connectivity index (χ0v) is 11.0. The Labute approximate surface area is 104 Å². The highest BCUT2D eigenvalue weighted by molar-refractivity contribution is 5.78. The van der Waals surface area contributed by atoms with Crippen LogP contribution in [0.25, 0.3) is 0 Å². The van der Waals surface area contributed by atoms with Crippen molar-refractivity contribution in [1.29, 1.82) is 0 Å². The summed E-state index contributed by atoms with van der Waals surface area (Å²) in [7, 11) is 1.69. The Morgan fingerprint density at radius 3 is 2.41 bits per heavy atom. The largest absolute Gasteiger partial charge is 0.379 e. The molecule has 2 heteroatoms. The van der Waals surface area contributed by atoms with Crippen molar-refractivity contribution >= 4 is 5.78 Å². The maximum atomic E-state index is 11.7. The number of Topliss-reactive ketones (excluding diaryl/α,β-unsaturated/α-hetero) is 1. The van der Waals surface area contributed by atoms with Crippen molar-refractivity contribution in [2.45, 2.75) is 45.1 Å². The molecule has 1 aromatic carbocycles. The molecule has 0 aliphatic carbocycles. The van der Waals surface area contributed by atoms with E-state index < -0.39 is 0 Å². The summed E-state index contributed by atoms with van der Waals surface area (Å²) < 4.78 is 5.30. The molecular formula is C15H22O2. The van der Waals surface area contributed by atoms with Gasteiger partial charge >= 0.3 is 0 Å². The van der Waals surface area contributed by atoms with E-state index in [0.717, 1.165) is 12.8 Å². The van der Waals surface area contributed by atoms with Gasteiger partial charge in [0, 0.05) is 20.0 Å². The molecule has 0 heterocycles. The Kier molecular flexibility index (Phi) is 5.36. The van der Waals surface area contributed by atoms with Crippen LogP contribution in [0.3, 0.4) is 0 Å². The molecule has 0 saturated heterocycles. The maximum Gasteiger partial charge on any atom is 0.133 e. The van der Waals surface area contributed by atoms with Crippen LogP contribution in [0.5, 0.6) is 0 Å². The average molecular weight is 234 g/mol. The summed E-state index contributed by atoms with van der Waals surface area (Å²) in [6.45, 7) is 4.02. The van der Waals surface area contributed by atoms with Gasteiger partial charge in [-0.1, -0.05) is 30.3 Å². The minimum atomic E-state index is -0.192. The smallest absolute Gasteiger partial charge is 0.133 e. The van der Waals surface area contributed by atoms with Gasteiger partial charge in [0.15, 0.2) is 0 Å². The van der Waals surface area contributed by atoms with E-state index in [0.29, 0.717) is 18.6 Å². The van der Waals surface area contributed by atoms with Crippen LogP contribution in [0.2, 0.25) is 0 Å². The summed E-state index contributed by atoms with van der Waals surface area (Å²) in [6.07, 6.45) is 2.86. The highest BCUT2D eigenvalue weighted by Crippen LogP contribution is 2.16. The van der Waals surface area contributed by atoms with Crippen molar-refractivity contribution in [3.05, 3.63) is 35.9 Å². The lowest BCUT2D eigenvalue weighted by Crippen LogP contribution is -2.23. The molecule has 0 radical (unpaired) electrons. The fourth-order valence-electron chi connectivity index (χ4n) is 1.60. The highest BCUT2D eigenvalue weighted by atomic mass is 16.5. The van der Waals surface area contributed by atoms with Gasteiger partial charge in [0.2, 0.25) is 0 Å². The van der Waals surface area contributed by atoms with E-state index >= 15 is 0 Å². The molecule has 0 spiro atoms. The SMILES string of the molecule is COC(C)(C)CCC(=O)CCc1ccccc1. The third-order valence-corrected chi connectivity index (χ3v) is 3.09. The fraction of sp³-hybridized carbons (Fsp3) is 0.533. The van der Waals surface area contributed by atoms with Gasteiger partial charge in [-0.25, -0.2) is 0 Å². The molecule has 0 N–H and O–H groups in total. The Balaban J connectivity index is 2.27. The van der Waals surface area contributed by atoms with Gasteiger partial charge in [-0.15, -0.1) is 0 Å². The van der Waals surface area contributed by atoms with E-state index in [4.69, 9.17) is 4.74 Å². The second-order valence-corrected chi connectivity index (χ2v) is 4.99. The van der Waals surface area contributed by atoms with Crippen LogP contribution in [-0.2, 0) is 16.0 Å². The van der Waals surface area contributed by atoms with Crippen LogP contribution in [0.4, 0.5) is 0 Å². The summed E-state index contributed by atoms with van der Waals surface area (Å²) in [5, 5.41) is 0. The molecule has 0 amide bonds. The number of carbonyl (C=O) groups is 1. The lowest BCUT2D eigenvalue weighted by Gasteiger charge is -2.22. The van der Waals surface area contributed by atoms with Crippen LogP contribution in [0.15, 0.2) is 30.3 Å². The van der Waals surface area contributed by atoms with Gasteiger partial charge in [-0.2, -0.15) is 0 Å². The van der Waals surface area contributed by atoms with Gasteiger partial charge in [-0.3, -0.25) is 4.79 Å². The van der Waals surface area contributed by atoms with Crippen LogP contribution in [-0.4, -0.2) is 18.5 Å². The Morgan fingerprint density at radius 1 is 1.18 bits per heavy atom. The normalized spacial score (nSPS) is 11.5. The number of benzene rings is 1. The first-order chi connectivity index (χ1) is 8.03. The van der Waals surface area contributed by atoms with Crippen LogP contribution >= 0.6 is 0 Å². The monoisotopic (exact) mass is 234 g/mol. The van der Waals surface area contributed by atoms with Crippen molar-refractivity contribution in [2.24, 2.45) is 0 Å². The summed E-state index contributed by atoms with van der Waals surface area (Å²) in [5.74, 6) is 0.318. The molecule has 0 unspecified atom stereocenters. The number of ketones is 1. The second kappa shape index (κ2) is 6.55. The Morgan fingerprint density at radius 2 is 1.82 bits per heavy atom. The zero-order valence-electron chi connectivity index (χ0n) is 11.0. The number of hydrogen-bond acceptors (Lipinski definition) is 2. The van der Waals surface area contributed by atoms with E-state index in [9.17, 15) is 4.79 Å². The lowest BCUT2D eigenvalue weighted by molar-refractivity contribution is -0.120. The van der Waals surface area contributed by atoms with Gasteiger partial charge in [0.05, 0.1) is 5.60 Å². The van der Waals surface area contributed by atoms with E-state index in [-0.39, 0.29) is 5.60 Å². The summed E-state index contributed by atoms with van der Waals surface area (Å²) >= 11 is 0. The molecule has 1 aromatic rings. The standard InChI is InChI=1S/C15H22O2/c1-15(2,17-3)12-11-14(16)10-9-13-7-5-4-6-8-13/h4-8H,9-12H2,1-3H3. The first-order valence-corrected chi connectivity index (χ1v) is 6.14. The van der Waals surface area contributed by atoms with Crippen molar-refractivity contribution in [1.82, 2.24) is 0 Å². The molecule has 0 bridgehead atoms. The molecule has 94 valence electrons. The number of ether oxygens (including phenoxy) is 1. The number of rotatable bonds is 7. The third-order valence-electron chi connectivity index (χ3n) is 3.09. The predicted octanol–water partition coefficient (Wildman–Crippen LogP) is 3.39. The molecular weight excluding hydrogens is 212 g/mol. The van der Waals surface area contributed by atoms with Gasteiger partial charge < -0.3 is 4.74 Å². The quantitative estimate of drug-likeness (QED) is 0.723. The van der Waals surface area contributed by atoms with E-state index in [2.05, 4.69) is 12.1 Å². The van der Waals surface area contributed by atoms with Crippen molar-refractivity contribution < 1.29 is 9.53 Å². The molecule has 0 aliphatic rings. The van der Waals surface area contributed by atoms with E-state index in [1.807, 2.05) is 32.0 Å². The van der Waals surface area contributed by atoms with Crippen molar-refractivity contribution in [3.63, 3.8) is 0 Å². The lowest BCUT2D eigenvalue weighted by atomic mass is 9.98. The minimum Gasteiger partial charge on any atom is -0.379 e. The number of methoxy groups -OCH3 is 1. The molecule has 0 aromatic heterocycles. The molecule has 17 heavy (non-hydrogen) atoms. The fourth-order valence-corrected chi connectivity index (χ4v) is 1.60. The third kappa shape index (κ3) is 5.64. The number of aryl methyl sites for hydroxylation is 1. The first-order valence-electron chi connectivity index (χ1n) is 6.14. The molecule has 1 rings (SSSR count). The highest BCUT2D eigenvalue weighted by Gasteiger charge is 2.17. The number of carbonyl (C=O) groups excluding carboxylic acids is 1. The molecule has 2 nitrogen and oxygen atoms in total. The summed E-state index contributed by atoms with van der Waals surface area (Å²) in [5.41, 5.74) is 1.04. The molecule has 0 aliphatic heterocycles. The van der Waals surface area contributed by atoms with Crippen LogP contribution in [0.1, 0.15) is 38.7 Å². The second-order valence-electron chi connectivity index (χ2n) is 4.99. The first kappa shape index (κ1) is 13.9. The van der Waals surface area contributed by atoms with E-state index in [1.54, 1.807) is 7.11 Å². The summed E-state index contributed by atoms with van der Waals surface area (Å²) in [6, 6.07) is 10.1. The average Bonchev–Trinajstić information content (AvgIpc) is 2.35. The maximum absolute atomic E-state index is 11.7. The number of hydrogen-bond donors (Lipinski definition) is 0.